The van der Waals surface area contributed by atoms with Crippen molar-refractivity contribution >= 4 is 5.97 Å². The summed E-state index contributed by atoms with van der Waals surface area (Å²) in [7, 11) is 0. The average molecular weight is 247 g/mol. The lowest BCUT2D eigenvalue weighted by Gasteiger charge is -2.16. The van der Waals surface area contributed by atoms with E-state index in [-0.39, 0.29) is 12.0 Å². The van der Waals surface area contributed by atoms with E-state index in [1.165, 1.54) is 0 Å². The normalized spacial score (nSPS) is 27.1. The highest BCUT2D eigenvalue weighted by Gasteiger charge is 2.32. The Morgan fingerprint density at radius 3 is 2.78 bits per heavy atom. The minimum absolute atomic E-state index is 0.0982. The van der Waals surface area contributed by atoms with Crippen molar-refractivity contribution in [1.82, 2.24) is 5.32 Å². The molecule has 1 saturated carbocycles. The van der Waals surface area contributed by atoms with E-state index in [4.69, 9.17) is 9.84 Å². The zero-order valence-electron chi connectivity index (χ0n) is 10.1. The third-order valence-electron chi connectivity index (χ3n) is 3.59. The predicted octanol–water partition coefficient (Wildman–Crippen LogP) is 1.96. The van der Waals surface area contributed by atoms with Gasteiger partial charge < -0.3 is 15.2 Å². The van der Waals surface area contributed by atoms with Gasteiger partial charge in [-0.15, -0.1) is 0 Å². The van der Waals surface area contributed by atoms with Crippen LogP contribution >= 0.6 is 0 Å². The zero-order valence-corrected chi connectivity index (χ0v) is 10.1. The van der Waals surface area contributed by atoms with E-state index in [0.717, 1.165) is 24.2 Å². The molecule has 1 heterocycles. The monoisotopic (exact) mass is 247 g/mol. The maximum atomic E-state index is 11.0. The fraction of sp³-hybridized carbons (Fsp3) is 0.500. The number of carbonyl (C=O) groups is 1. The summed E-state index contributed by atoms with van der Waals surface area (Å²) >= 11 is 0. The van der Waals surface area contributed by atoms with Crippen LogP contribution in [0.1, 0.15) is 30.9 Å². The number of para-hydroxylation sites is 1. The summed E-state index contributed by atoms with van der Waals surface area (Å²) in [6, 6.07) is 8.04. The van der Waals surface area contributed by atoms with Crippen molar-refractivity contribution in [2.75, 3.05) is 6.54 Å². The van der Waals surface area contributed by atoms with Crippen LogP contribution in [0, 0.1) is 5.92 Å². The first-order chi connectivity index (χ1) is 8.74. The molecule has 2 N–H and O–H groups in total. The first kappa shape index (κ1) is 11.5. The molecule has 0 amide bonds. The third-order valence-corrected chi connectivity index (χ3v) is 3.59. The van der Waals surface area contributed by atoms with Crippen molar-refractivity contribution in [2.45, 2.75) is 31.4 Å². The second kappa shape index (κ2) is 4.61. The molecular formula is C14H17NO3. The van der Waals surface area contributed by atoms with Gasteiger partial charge in [0.05, 0.1) is 12.0 Å². The fourth-order valence-corrected chi connectivity index (χ4v) is 2.40. The van der Waals surface area contributed by atoms with Crippen LogP contribution in [0.2, 0.25) is 0 Å². The number of ether oxygens (including phenoxy) is 1. The Balaban J connectivity index is 1.77. The van der Waals surface area contributed by atoms with Crippen LogP contribution in [0.4, 0.5) is 0 Å². The topological polar surface area (TPSA) is 58.6 Å². The third kappa shape index (κ3) is 2.34. The van der Waals surface area contributed by atoms with Crippen LogP contribution in [-0.2, 0) is 4.79 Å². The number of aliphatic carboxylic acids is 1. The molecule has 1 aliphatic carbocycles. The van der Waals surface area contributed by atoms with Crippen molar-refractivity contribution in [3.8, 4) is 5.75 Å². The molecule has 4 nitrogen and oxygen atoms in total. The van der Waals surface area contributed by atoms with Gasteiger partial charge in [-0.2, -0.15) is 0 Å². The summed E-state index contributed by atoms with van der Waals surface area (Å²) in [5.41, 5.74) is 1.09. The summed E-state index contributed by atoms with van der Waals surface area (Å²) in [6.45, 7) is 0.539. The molecule has 1 saturated heterocycles. The Morgan fingerprint density at radius 2 is 2.11 bits per heavy atom. The highest BCUT2D eigenvalue weighted by Crippen LogP contribution is 2.36. The van der Waals surface area contributed by atoms with Crippen molar-refractivity contribution in [3.63, 3.8) is 0 Å². The lowest BCUT2D eigenvalue weighted by molar-refractivity contribution is -0.141. The summed E-state index contributed by atoms with van der Waals surface area (Å²) < 4.78 is 5.88. The maximum Gasteiger partial charge on any atom is 0.307 e. The molecule has 2 atom stereocenters. The van der Waals surface area contributed by atoms with Crippen molar-refractivity contribution < 1.29 is 14.6 Å². The van der Waals surface area contributed by atoms with Crippen LogP contribution in [-0.4, -0.2) is 23.7 Å². The van der Waals surface area contributed by atoms with Crippen molar-refractivity contribution in [3.05, 3.63) is 29.8 Å². The summed E-state index contributed by atoms with van der Waals surface area (Å²) in [5.74, 6) is -0.0990. The molecule has 0 radical (unpaired) electrons. The Labute approximate surface area is 106 Å². The highest BCUT2D eigenvalue weighted by molar-refractivity contribution is 5.71. The summed E-state index contributed by atoms with van der Waals surface area (Å²) in [5, 5.41) is 12.3. The molecule has 1 aromatic rings. The van der Waals surface area contributed by atoms with Crippen LogP contribution in [0.5, 0.6) is 5.75 Å². The summed E-state index contributed by atoms with van der Waals surface area (Å²) in [4.78, 5) is 11.0. The Kier molecular flexibility index (Phi) is 2.96. The van der Waals surface area contributed by atoms with E-state index in [2.05, 4.69) is 5.32 Å². The predicted molar refractivity (Wildman–Crippen MR) is 66.6 cm³/mol. The van der Waals surface area contributed by atoms with E-state index in [9.17, 15) is 4.79 Å². The number of nitrogens with one attached hydrogen (secondary N) is 1. The van der Waals surface area contributed by atoms with Crippen molar-refractivity contribution in [1.29, 1.82) is 0 Å². The van der Waals surface area contributed by atoms with Gasteiger partial charge in [-0.1, -0.05) is 18.2 Å². The largest absolute Gasteiger partial charge is 0.490 e. The Bertz CT molecular complexity index is 456. The molecule has 2 unspecified atom stereocenters. The first-order valence-electron chi connectivity index (χ1n) is 6.46. The minimum atomic E-state index is -0.717. The second-order valence-corrected chi connectivity index (χ2v) is 5.09. The summed E-state index contributed by atoms with van der Waals surface area (Å²) in [6.07, 6.45) is 3.26. The molecule has 2 aliphatic rings. The lowest BCUT2D eigenvalue weighted by atomic mass is 9.99. The number of benzene rings is 1. The number of rotatable bonds is 4. The molecule has 0 spiro atoms. The van der Waals surface area contributed by atoms with Gasteiger partial charge in [0.2, 0.25) is 0 Å². The van der Waals surface area contributed by atoms with Crippen LogP contribution in [0.3, 0.4) is 0 Å². The smallest absolute Gasteiger partial charge is 0.307 e. The number of carboxylic acid groups (broad SMARTS) is 1. The van der Waals surface area contributed by atoms with Gasteiger partial charge in [-0.05, 0) is 25.3 Å². The molecule has 96 valence electrons. The van der Waals surface area contributed by atoms with E-state index in [1.54, 1.807) is 0 Å². The van der Waals surface area contributed by atoms with Gasteiger partial charge in [-0.3, -0.25) is 4.79 Å². The van der Waals surface area contributed by atoms with Gasteiger partial charge >= 0.3 is 5.97 Å². The molecule has 4 heteroatoms. The fourth-order valence-electron chi connectivity index (χ4n) is 2.40. The Morgan fingerprint density at radius 1 is 1.33 bits per heavy atom. The molecule has 0 bridgehead atoms. The van der Waals surface area contributed by atoms with Gasteiger partial charge in [0.25, 0.3) is 0 Å². The van der Waals surface area contributed by atoms with E-state index in [0.29, 0.717) is 19.1 Å². The first-order valence-corrected chi connectivity index (χ1v) is 6.46. The van der Waals surface area contributed by atoms with Crippen LogP contribution in [0.15, 0.2) is 24.3 Å². The Hall–Kier alpha value is -1.55. The molecule has 3 rings (SSSR count). The maximum absolute atomic E-state index is 11.0. The molecule has 18 heavy (non-hydrogen) atoms. The van der Waals surface area contributed by atoms with Crippen molar-refractivity contribution in [2.24, 2.45) is 5.92 Å². The van der Waals surface area contributed by atoms with E-state index < -0.39 is 5.97 Å². The highest BCUT2D eigenvalue weighted by atomic mass is 16.5. The quantitative estimate of drug-likeness (QED) is 0.854. The molecule has 1 aromatic carbocycles. The lowest BCUT2D eigenvalue weighted by Crippen LogP contribution is -2.17. The van der Waals surface area contributed by atoms with Gasteiger partial charge in [0.1, 0.15) is 5.75 Å². The van der Waals surface area contributed by atoms with Gasteiger partial charge in [0, 0.05) is 18.2 Å². The minimum Gasteiger partial charge on any atom is -0.490 e. The molecular weight excluding hydrogens is 230 g/mol. The van der Waals surface area contributed by atoms with E-state index >= 15 is 0 Å². The van der Waals surface area contributed by atoms with Gasteiger partial charge in [-0.25, -0.2) is 0 Å². The standard InChI is InChI=1S/C14H17NO3/c16-14(17)9-7-12(15-8-9)11-3-1-2-4-13(11)18-10-5-6-10/h1-4,9-10,12,15H,5-8H2,(H,16,17). The van der Waals surface area contributed by atoms with Gasteiger partial charge in [0.15, 0.2) is 0 Å². The average Bonchev–Trinajstić information content (AvgIpc) is 3.04. The van der Waals surface area contributed by atoms with Crippen LogP contribution in [0.25, 0.3) is 0 Å². The SMILES string of the molecule is O=C(O)C1CNC(c2ccccc2OC2CC2)C1. The number of hydrogen-bond acceptors (Lipinski definition) is 3. The zero-order chi connectivity index (χ0) is 12.5. The second-order valence-electron chi connectivity index (χ2n) is 5.09. The number of hydrogen-bond donors (Lipinski definition) is 2. The van der Waals surface area contributed by atoms with E-state index in [1.807, 2.05) is 24.3 Å². The molecule has 2 fully saturated rings. The molecule has 1 aliphatic heterocycles. The number of carboxylic acids is 1. The molecule has 0 aromatic heterocycles. The van der Waals surface area contributed by atoms with Crippen LogP contribution < -0.4 is 10.1 Å².